The highest BCUT2D eigenvalue weighted by Crippen LogP contribution is 2.32. The van der Waals surface area contributed by atoms with Crippen LogP contribution in [-0.4, -0.2) is 12.2 Å². The van der Waals surface area contributed by atoms with E-state index in [4.69, 9.17) is 4.74 Å². The predicted octanol–water partition coefficient (Wildman–Crippen LogP) is 4.36. The number of aryl methyl sites for hydroxylation is 2. The van der Waals surface area contributed by atoms with Gasteiger partial charge in [0.2, 0.25) is 0 Å². The van der Waals surface area contributed by atoms with Gasteiger partial charge in [-0.15, -0.1) is 6.58 Å². The molecule has 0 aromatic heterocycles. The lowest BCUT2D eigenvalue weighted by Crippen LogP contribution is -2.02. The lowest BCUT2D eigenvalue weighted by Gasteiger charge is -2.13. The summed E-state index contributed by atoms with van der Waals surface area (Å²) in [6, 6.07) is 10.2. The molecule has 0 aliphatic carbocycles. The van der Waals surface area contributed by atoms with Crippen molar-refractivity contribution >= 4 is 5.69 Å². The quantitative estimate of drug-likeness (QED) is 0.778. The maximum Gasteiger partial charge on any atom is 0.161 e. The number of nitrogens with one attached hydrogen (secondary N) is 1. The maximum absolute atomic E-state index is 10.1. The molecule has 0 aliphatic heterocycles. The molecule has 3 heteroatoms. The highest BCUT2D eigenvalue weighted by molar-refractivity contribution is 5.52. The number of methoxy groups -OCH3 is 1. The Balaban J connectivity index is 2.19. The van der Waals surface area contributed by atoms with Gasteiger partial charge in [0.05, 0.1) is 7.11 Å². The topological polar surface area (TPSA) is 41.5 Å². The molecule has 0 bridgehead atoms. The largest absolute Gasteiger partial charge is 0.504 e. The lowest BCUT2D eigenvalue weighted by molar-refractivity contribution is 0.370. The number of aromatic hydroxyl groups is 1. The Labute approximate surface area is 132 Å². The standard InChI is InChI=1S/C19H23NO2/c1-5-6-16-10-15(11-18(22-4)19(16)21)12-20-17-8-7-13(2)14(3)9-17/h5,7-11,20-21H,1,6,12H2,2-4H3. The predicted molar refractivity (Wildman–Crippen MR) is 91.8 cm³/mol. The van der Waals surface area contributed by atoms with Crippen LogP contribution in [0.2, 0.25) is 0 Å². The zero-order chi connectivity index (χ0) is 16.1. The van der Waals surface area contributed by atoms with Crippen LogP contribution in [0.25, 0.3) is 0 Å². The molecule has 0 unspecified atom stereocenters. The Hall–Kier alpha value is -2.42. The Morgan fingerprint density at radius 1 is 1.18 bits per heavy atom. The molecule has 0 radical (unpaired) electrons. The molecule has 0 saturated heterocycles. The molecule has 2 N–H and O–H groups in total. The summed E-state index contributed by atoms with van der Waals surface area (Å²) in [5.74, 6) is 0.688. The van der Waals surface area contributed by atoms with Gasteiger partial charge in [0, 0.05) is 17.8 Å². The van der Waals surface area contributed by atoms with E-state index < -0.39 is 0 Å². The van der Waals surface area contributed by atoms with Crippen LogP contribution in [-0.2, 0) is 13.0 Å². The molecule has 0 saturated carbocycles. The zero-order valence-electron chi connectivity index (χ0n) is 13.4. The van der Waals surface area contributed by atoms with Crippen molar-refractivity contribution < 1.29 is 9.84 Å². The molecule has 22 heavy (non-hydrogen) atoms. The summed E-state index contributed by atoms with van der Waals surface area (Å²) in [5, 5.41) is 13.5. The number of phenolic OH excluding ortho intramolecular Hbond substituents is 1. The van der Waals surface area contributed by atoms with E-state index in [1.165, 1.54) is 11.1 Å². The second kappa shape index (κ2) is 7.03. The van der Waals surface area contributed by atoms with Crippen molar-refractivity contribution in [3.8, 4) is 11.5 Å². The SMILES string of the molecule is C=CCc1cc(CNc2ccc(C)c(C)c2)cc(OC)c1O. The lowest BCUT2D eigenvalue weighted by atomic mass is 10.1. The van der Waals surface area contributed by atoms with Crippen LogP contribution in [0.1, 0.15) is 22.3 Å². The van der Waals surface area contributed by atoms with Gasteiger partial charge in [-0.3, -0.25) is 0 Å². The van der Waals surface area contributed by atoms with Crippen LogP contribution >= 0.6 is 0 Å². The van der Waals surface area contributed by atoms with E-state index in [2.05, 4.69) is 43.9 Å². The second-order valence-corrected chi connectivity index (χ2v) is 5.45. The van der Waals surface area contributed by atoms with Gasteiger partial charge in [0.25, 0.3) is 0 Å². The van der Waals surface area contributed by atoms with E-state index in [0.717, 1.165) is 16.8 Å². The first kappa shape index (κ1) is 16.0. The average Bonchev–Trinajstić information content (AvgIpc) is 2.51. The summed E-state index contributed by atoms with van der Waals surface area (Å²) < 4.78 is 5.25. The van der Waals surface area contributed by atoms with Crippen LogP contribution < -0.4 is 10.1 Å². The highest BCUT2D eigenvalue weighted by Gasteiger charge is 2.09. The fourth-order valence-electron chi connectivity index (χ4n) is 2.35. The highest BCUT2D eigenvalue weighted by atomic mass is 16.5. The van der Waals surface area contributed by atoms with E-state index in [0.29, 0.717) is 18.7 Å². The van der Waals surface area contributed by atoms with Gasteiger partial charge in [-0.25, -0.2) is 0 Å². The molecule has 0 atom stereocenters. The third kappa shape index (κ3) is 3.61. The van der Waals surface area contributed by atoms with Crippen LogP contribution in [0.3, 0.4) is 0 Å². The number of benzene rings is 2. The molecule has 2 aromatic carbocycles. The van der Waals surface area contributed by atoms with Crippen LogP contribution in [0.15, 0.2) is 43.0 Å². The van der Waals surface area contributed by atoms with Gasteiger partial charge in [-0.2, -0.15) is 0 Å². The number of phenols is 1. The minimum absolute atomic E-state index is 0.192. The van der Waals surface area contributed by atoms with Crippen molar-refractivity contribution in [1.82, 2.24) is 0 Å². The number of rotatable bonds is 6. The van der Waals surface area contributed by atoms with Crippen LogP contribution in [0.5, 0.6) is 11.5 Å². The maximum atomic E-state index is 10.1. The van der Waals surface area contributed by atoms with Crippen LogP contribution in [0.4, 0.5) is 5.69 Å². The molecule has 0 aliphatic rings. The van der Waals surface area contributed by atoms with Gasteiger partial charge >= 0.3 is 0 Å². The normalized spacial score (nSPS) is 10.3. The van der Waals surface area contributed by atoms with E-state index in [9.17, 15) is 5.11 Å². The smallest absolute Gasteiger partial charge is 0.161 e. The van der Waals surface area contributed by atoms with Crippen molar-refractivity contribution in [1.29, 1.82) is 0 Å². The first-order chi connectivity index (χ1) is 10.5. The Morgan fingerprint density at radius 2 is 1.95 bits per heavy atom. The summed E-state index contributed by atoms with van der Waals surface area (Å²) in [5.41, 5.74) is 5.52. The molecule has 2 rings (SSSR count). The molecule has 3 nitrogen and oxygen atoms in total. The molecule has 0 heterocycles. The van der Waals surface area contributed by atoms with Gasteiger partial charge in [-0.1, -0.05) is 12.1 Å². The number of anilines is 1. The Bertz CT molecular complexity index is 677. The monoisotopic (exact) mass is 297 g/mol. The molecule has 0 spiro atoms. The van der Waals surface area contributed by atoms with E-state index >= 15 is 0 Å². The number of hydrogen-bond donors (Lipinski definition) is 2. The second-order valence-electron chi connectivity index (χ2n) is 5.45. The Kier molecular flexibility index (Phi) is 5.10. The first-order valence-electron chi connectivity index (χ1n) is 7.36. The van der Waals surface area contributed by atoms with Gasteiger partial charge < -0.3 is 15.2 Å². The summed E-state index contributed by atoms with van der Waals surface area (Å²) in [4.78, 5) is 0. The minimum atomic E-state index is 0.192. The van der Waals surface area contributed by atoms with Crippen molar-refractivity contribution in [2.24, 2.45) is 0 Å². The number of hydrogen-bond acceptors (Lipinski definition) is 3. The summed E-state index contributed by atoms with van der Waals surface area (Å²) in [6.45, 7) is 8.60. The van der Waals surface area contributed by atoms with E-state index in [1.807, 2.05) is 12.1 Å². The van der Waals surface area contributed by atoms with Crippen LogP contribution in [0, 0.1) is 13.8 Å². The van der Waals surface area contributed by atoms with E-state index in [-0.39, 0.29) is 5.75 Å². The number of allylic oxidation sites excluding steroid dienone is 1. The summed E-state index contributed by atoms with van der Waals surface area (Å²) in [6.07, 6.45) is 2.38. The molecular formula is C19H23NO2. The van der Waals surface area contributed by atoms with E-state index in [1.54, 1.807) is 13.2 Å². The Morgan fingerprint density at radius 3 is 2.59 bits per heavy atom. The van der Waals surface area contributed by atoms with Gasteiger partial charge in [0.15, 0.2) is 11.5 Å². The first-order valence-corrected chi connectivity index (χ1v) is 7.36. The molecule has 116 valence electrons. The van der Waals surface area contributed by atoms with Crippen molar-refractivity contribution in [3.05, 3.63) is 65.2 Å². The molecule has 0 amide bonds. The molecular weight excluding hydrogens is 274 g/mol. The summed E-state index contributed by atoms with van der Waals surface area (Å²) in [7, 11) is 1.56. The molecule has 2 aromatic rings. The third-order valence-electron chi connectivity index (χ3n) is 3.80. The average molecular weight is 297 g/mol. The van der Waals surface area contributed by atoms with Crippen molar-refractivity contribution in [3.63, 3.8) is 0 Å². The van der Waals surface area contributed by atoms with Crippen molar-refractivity contribution in [2.45, 2.75) is 26.8 Å². The van der Waals surface area contributed by atoms with Crippen molar-refractivity contribution in [2.75, 3.05) is 12.4 Å². The fourth-order valence-corrected chi connectivity index (χ4v) is 2.35. The third-order valence-corrected chi connectivity index (χ3v) is 3.80. The fraction of sp³-hybridized carbons (Fsp3) is 0.263. The number of ether oxygens (including phenoxy) is 1. The van der Waals surface area contributed by atoms with Gasteiger partial charge in [-0.05, 0) is 61.2 Å². The zero-order valence-corrected chi connectivity index (χ0v) is 13.4. The van der Waals surface area contributed by atoms with Gasteiger partial charge in [0.1, 0.15) is 0 Å². The minimum Gasteiger partial charge on any atom is -0.504 e. The summed E-state index contributed by atoms with van der Waals surface area (Å²) >= 11 is 0. The molecule has 0 fully saturated rings.